The van der Waals surface area contributed by atoms with E-state index in [1.165, 1.54) is 0 Å². The maximum absolute atomic E-state index is 12.1. The number of rotatable bonds is 5. The van der Waals surface area contributed by atoms with E-state index in [1.807, 2.05) is 48.5 Å². The number of halogens is 1. The first kappa shape index (κ1) is 15.6. The number of ether oxygens (including phenoxy) is 1. The summed E-state index contributed by atoms with van der Waals surface area (Å²) in [5, 5.41) is 5.08. The van der Waals surface area contributed by atoms with Crippen molar-refractivity contribution in [1.82, 2.24) is 5.32 Å². The molecule has 3 rings (SSSR count). The molecule has 0 aliphatic carbocycles. The minimum atomic E-state index is -0.112. The highest BCUT2D eigenvalue weighted by atomic mass is 79.9. The van der Waals surface area contributed by atoms with E-state index in [2.05, 4.69) is 33.4 Å². The molecule has 3 aromatic rings. The third kappa shape index (κ3) is 3.71. The van der Waals surface area contributed by atoms with Crippen LogP contribution in [0.3, 0.4) is 0 Å². The topological polar surface area (TPSA) is 38.3 Å². The molecule has 4 heteroatoms. The second kappa shape index (κ2) is 7.29. The molecule has 0 aromatic heterocycles. The van der Waals surface area contributed by atoms with E-state index < -0.39 is 0 Å². The van der Waals surface area contributed by atoms with Gasteiger partial charge in [0.1, 0.15) is 12.4 Å². The van der Waals surface area contributed by atoms with Gasteiger partial charge < -0.3 is 10.1 Å². The quantitative estimate of drug-likeness (QED) is 0.676. The van der Waals surface area contributed by atoms with Crippen LogP contribution in [0.1, 0.15) is 10.4 Å². The van der Waals surface area contributed by atoms with Crippen molar-refractivity contribution in [3.8, 4) is 5.75 Å². The summed E-state index contributed by atoms with van der Waals surface area (Å²) in [6.07, 6.45) is 0. The van der Waals surface area contributed by atoms with Crippen LogP contribution in [-0.4, -0.2) is 19.1 Å². The summed E-state index contributed by atoms with van der Waals surface area (Å²) in [5.41, 5.74) is 0.623. The van der Waals surface area contributed by atoms with Crippen LogP contribution in [0.25, 0.3) is 10.8 Å². The Morgan fingerprint density at radius 2 is 1.70 bits per heavy atom. The van der Waals surface area contributed by atoms with E-state index in [0.717, 1.165) is 21.0 Å². The SMILES string of the molecule is O=C(NCCOc1cccc2ccccc12)c1ccccc1Br. The van der Waals surface area contributed by atoms with E-state index in [-0.39, 0.29) is 5.91 Å². The molecule has 1 amide bonds. The Kier molecular flexibility index (Phi) is 4.93. The van der Waals surface area contributed by atoms with Crippen LogP contribution in [0.4, 0.5) is 0 Å². The first-order chi connectivity index (χ1) is 11.3. The van der Waals surface area contributed by atoms with Crippen LogP contribution in [0.15, 0.2) is 71.2 Å². The summed E-state index contributed by atoms with van der Waals surface area (Å²) in [5.74, 6) is 0.720. The lowest BCUT2D eigenvalue weighted by Crippen LogP contribution is -2.28. The number of benzene rings is 3. The van der Waals surface area contributed by atoms with Gasteiger partial charge in [-0.05, 0) is 39.5 Å². The molecular formula is C19H16BrNO2. The second-order valence-electron chi connectivity index (χ2n) is 5.06. The normalized spacial score (nSPS) is 10.5. The number of carbonyl (C=O) groups excluding carboxylic acids is 1. The lowest BCUT2D eigenvalue weighted by atomic mass is 10.1. The van der Waals surface area contributed by atoms with Gasteiger partial charge in [0, 0.05) is 9.86 Å². The molecule has 0 fully saturated rings. The van der Waals surface area contributed by atoms with Gasteiger partial charge in [0.2, 0.25) is 0 Å². The van der Waals surface area contributed by atoms with Crippen molar-refractivity contribution in [3.63, 3.8) is 0 Å². The van der Waals surface area contributed by atoms with Crippen LogP contribution in [0.2, 0.25) is 0 Å². The summed E-state index contributed by atoms with van der Waals surface area (Å²) in [4.78, 5) is 12.1. The minimum absolute atomic E-state index is 0.112. The molecule has 0 spiro atoms. The number of hydrogen-bond donors (Lipinski definition) is 1. The zero-order valence-corrected chi connectivity index (χ0v) is 14.0. The zero-order chi connectivity index (χ0) is 16.1. The van der Waals surface area contributed by atoms with Gasteiger partial charge in [-0.3, -0.25) is 4.79 Å². The highest BCUT2D eigenvalue weighted by Gasteiger charge is 2.08. The van der Waals surface area contributed by atoms with Crippen molar-refractivity contribution in [2.75, 3.05) is 13.2 Å². The van der Waals surface area contributed by atoms with E-state index in [0.29, 0.717) is 18.7 Å². The van der Waals surface area contributed by atoms with Crippen molar-refractivity contribution < 1.29 is 9.53 Å². The third-order valence-corrected chi connectivity index (χ3v) is 4.20. The average molecular weight is 370 g/mol. The molecule has 0 heterocycles. The molecule has 0 saturated heterocycles. The maximum atomic E-state index is 12.1. The number of amides is 1. The number of fused-ring (bicyclic) bond motifs is 1. The summed E-state index contributed by atoms with van der Waals surface area (Å²) in [7, 11) is 0. The Morgan fingerprint density at radius 1 is 0.957 bits per heavy atom. The van der Waals surface area contributed by atoms with Crippen LogP contribution in [-0.2, 0) is 0 Å². The lowest BCUT2D eigenvalue weighted by molar-refractivity contribution is 0.0946. The predicted molar refractivity (Wildman–Crippen MR) is 95.9 cm³/mol. The van der Waals surface area contributed by atoms with Crippen LogP contribution in [0, 0.1) is 0 Å². The van der Waals surface area contributed by atoms with Crippen molar-refractivity contribution >= 4 is 32.6 Å². The second-order valence-corrected chi connectivity index (χ2v) is 5.92. The van der Waals surface area contributed by atoms with Crippen molar-refractivity contribution in [3.05, 3.63) is 76.8 Å². The maximum Gasteiger partial charge on any atom is 0.252 e. The van der Waals surface area contributed by atoms with E-state index in [9.17, 15) is 4.79 Å². The molecule has 3 aromatic carbocycles. The molecule has 23 heavy (non-hydrogen) atoms. The Morgan fingerprint density at radius 3 is 2.57 bits per heavy atom. The molecule has 0 saturated carbocycles. The molecule has 1 N–H and O–H groups in total. The molecule has 0 aliphatic heterocycles. The summed E-state index contributed by atoms with van der Waals surface area (Å²) in [6.45, 7) is 0.869. The molecule has 0 bridgehead atoms. The molecule has 0 unspecified atom stereocenters. The Bertz CT molecular complexity index is 827. The van der Waals surface area contributed by atoms with Gasteiger partial charge in [0.25, 0.3) is 5.91 Å². The molecule has 116 valence electrons. The Hall–Kier alpha value is -2.33. The zero-order valence-electron chi connectivity index (χ0n) is 12.5. The van der Waals surface area contributed by atoms with Crippen molar-refractivity contribution in [2.45, 2.75) is 0 Å². The fraction of sp³-hybridized carbons (Fsp3) is 0.105. The monoisotopic (exact) mass is 369 g/mol. The van der Waals surface area contributed by atoms with Crippen molar-refractivity contribution in [1.29, 1.82) is 0 Å². The summed E-state index contributed by atoms with van der Waals surface area (Å²) >= 11 is 3.38. The van der Waals surface area contributed by atoms with E-state index in [1.54, 1.807) is 6.07 Å². The summed E-state index contributed by atoms with van der Waals surface area (Å²) in [6, 6.07) is 21.4. The molecule has 0 atom stereocenters. The lowest BCUT2D eigenvalue weighted by Gasteiger charge is -2.10. The number of hydrogen-bond acceptors (Lipinski definition) is 2. The first-order valence-corrected chi connectivity index (χ1v) is 8.18. The van der Waals surface area contributed by atoms with Crippen LogP contribution < -0.4 is 10.1 Å². The number of nitrogens with one attached hydrogen (secondary N) is 1. The minimum Gasteiger partial charge on any atom is -0.491 e. The standard InChI is InChI=1S/C19H16BrNO2/c20-17-10-4-3-9-16(17)19(22)21-12-13-23-18-11-5-7-14-6-1-2-8-15(14)18/h1-11H,12-13H2,(H,21,22). The Labute approximate surface area is 143 Å². The van der Waals surface area contributed by atoms with Crippen molar-refractivity contribution in [2.24, 2.45) is 0 Å². The fourth-order valence-corrected chi connectivity index (χ4v) is 2.85. The van der Waals surface area contributed by atoms with Gasteiger partial charge in [0.05, 0.1) is 12.1 Å². The largest absolute Gasteiger partial charge is 0.491 e. The summed E-state index contributed by atoms with van der Waals surface area (Å²) < 4.78 is 6.59. The van der Waals surface area contributed by atoms with Crippen LogP contribution in [0.5, 0.6) is 5.75 Å². The Balaban J connectivity index is 1.57. The number of carbonyl (C=O) groups is 1. The van der Waals surface area contributed by atoms with Gasteiger partial charge in [-0.2, -0.15) is 0 Å². The van der Waals surface area contributed by atoms with Gasteiger partial charge >= 0.3 is 0 Å². The molecule has 0 aliphatic rings. The average Bonchev–Trinajstić information content (AvgIpc) is 2.59. The predicted octanol–water partition coefficient (Wildman–Crippen LogP) is 4.41. The fourth-order valence-electron chi connectivity index (χ4n) is 2.39. The van der Waals surface area contributed by atoms with Gasteiger partial charge in [0.15, 0.2) is 0 Å². The first-order valence-electron chi connectivity index (χ1n) is 7.39. The third-order valence-electron chi connectivity index (χ3n) is 3.51. The van der Waals surface area contributed by atoms with E-state index in [4.69, 9.17) is 4.74 Å². The highest BCUT2D eigenvalue weighted by Crippen LogP contribution is 2.24. The van der Waals surface area contributed by atoms with Crippen LogP contribution >= 0.6 is 15.9 Å². The molecule has 0 radical (unpaired) electrons. The van der Waals surface area contributed by atoms with Gasteiger partial charge in [-0.15, -0.1) is 0 Å². The van der Waals surface area contributed by atoms with Gasteiger partial charge in [-0.25, -0.2) is 0 Å². The van der Waals surface area contributed by atoms with E-state index >= 15 is 0 Å². The highest BCUT2D eigenvalue weighted by molar-refractivity contribution is 9.10. The molecule has 3 nitrogen and oxygen atoms in total. The van der Waals surface area contributed by atoms with Gasteiger partial charge in [-0.1, -0.05) is 48.5 Å². The smallest absolute Gasteiger partial charge is 0.252 e. The molecular weight excluding hydrogens is 354 g/mol.